The molecule has 0 bridgehead atoms. The molecule has 2 aliphatic heterocycles. The molecule has 0 atom stereocenters. The molecule has 0 unspecified atom stereocenters. The molecular formula is C20H25N3O4S2. The van der Waals surface area contributed by atoms with E-state index in [1.807, 2.05) is 47.8 Å². The van der Waals surface area contributed by atoms with E-state index < -0.39 is 17.5 Å². The maximum Gasteiger partial charge on any atom is 0.344 e. The third-order valence-corrected chi connectivity index (χ3v) is 8.75. The quantitative estimate of drug-likeness (QED) is 0.691. The Kier molecular flexibility index (Phi) is 5.96. The fraction of sp³-hybridized carbons (Fsp3) is 0.550. The van der Waals surface area contributed by atoms with Crippen molar-refractivity contribution in [2.45, 2.75) is 42.7 Å². The maximum atomic E-state index is 12.8. The highest BCUT2D eigenvalue weighted by Gasteiger charge is 2.52. The SMILES string of the molecule is CC1CCC2(CC1)NC(=O)N(NC(=O)COc1ccccc1C1SCCS1)C2=O. The molecule has 0 radical (unpaired) electrons. The number of nitrogens with one attached hydrogen (secondary N) is 2. The molecule has 7 nitrogen and oxygen atoms in total. The minimum absolute atomic E-state index is 0.264. The molecule has 4 rings (SSSR count). The first-order valence-electron chi connectivity index (χ1n) is 9.90. The van der Waals surface area contributed by atoms with Crippen molar-refractivity contribution in [1.82, 2.24) is 15.8 Å². The van der Waals surface area contributed by atoms with Gasteiger partial charge in [-0.15, -0.1) is 23.5 Å². The van der Waals surface area contributed by atoms with E-state index in [1.54, 1.807) is 0 Å². The Morgan fingerprint density at radius 1 is 1.24 bits per heavy atom. The molecular weight excluding hydrogens is 410 g/mol. The second-order valence-electron chi connectivity index (χ2n) is 7.77. The number of nitrogens with zero attached hydrogens (tertiary/aromatic N) is 1. The van der Waals surface area contributed by atoms with Crippen molar-refractivity contribution in [2.75, 3.05) is 18.1 Å². The molecule has 2 N–H and O–H groups in total. The summed E-state index contributed by atoms with van der Waals surface area (Å²) < 4.78 is 6.03. The van der Waals surface area contributed by atoms with Gasteiger partial charge in [0.2, 0.25) is 0 Å². The summed E-state index contributed by atoms with van der Waals surface area (Å²) in [6, 6.07) is 7.10. The molecule has 3 aliphatic rings. The van der Waals surface area contributed by atoms with Crippen molar-refractivity contribution in [3.05, 3.63) is 29.8 Å². The fourth-order valence-corrected chi connectivity index (χ4v) is 6.87. The molecule has 1 spiro atoms. The lowest BCUT2D eigenvalue weighted by Crippen LogP contribution is -2.52. The summed E-state index contributed by atoms with van der Waals surface area (Å²) in [7, 11) is 0. The van der Waals surface area contributed by atoms with Crippen LogP contribution in [0.3, 0.4) is 0 Å². The van der Waals surface area contributed by atoms with Crippen LogP contribution < -0.4 is 15.5 Å². The summed E-state index contributed by atoms with van der Waals surface area (Å²) in [5.41, 5.74) is 2.60. The van der Waals surface area contributed by atoms with Crippen LogP contribution in [0.2, 0.25) is 0 Å². The largest absolute Gasteiger partial charge is 0.483 e. The molecule has 1 saturated carbocycles. The first-order chi connectivity index (χ1) is 14.0. The van der Waals surface area contributed by atoms with Gasteiger partial charge in [-0.25, -0.2) is 4.79 Å². The van der Waals surface area contributed by atoms with Crippen LogP contribution in [0.5, 0.6) is 5.75 Å². The van der Waals surface area contributed by atoms with Gasteiger partial charge in [0.1, 0.15) is 11.3 Å². The lowest BCUT2D eigenvalue weighted by atomic mass is 9.77. The van der Waals surface area contributed by atoms with Crippen LogP contribution in [-0.4, -0.2) is 46.5 Å². The molecule has 156 valence electrons. The predicted molar refractivity (Wildman–Crippen MR) is 113 cm³/mol. The fourth-order valence-electron chi connectivity index (χ4n) is 3.96. The molecule has 2 saturated heterocycles. The van der Waals surface area contributed by atoms with Crippen LogP contribution in [0.15, 0.2) is 24.3 Å². The Labute approximate surface area is 178 Å². The predicted octanol–water partition coefficient (Wildman–Crippen LogP) is 3.08. The summed E-state index contributed by atoms with van der Waals surface area (Å²) in [6.07, 6.45) is 2.97. The monoisotopic (exact) mass is 435 g/mol. The number of ether oxygens (including phenoxy) is 1. The summed E-state index contributed by atoms with van der Waals surface area (Å²) in [5.74, 6) is 2.48. The van der Waals surface area contributed by atoms with Gasteiger partial charge in [0.15, 0.2) is 6.61 Å². The molecule has 3 fully saturated rings. The second-order valence-corrected chi connectivity index (χ2v) is 10.5. The number of imide groups is 1. The standard InChI is InChI=1S/C20H25N3O4S2/c1-13-6-8-20(9-7-13)18(25)23(19(26)21-20)22-16(24)12-27-15-5-3-2-4-14(15)17-28-10-11-29-17/h2-5,13,17H,6-12H2,1H3,(H,21,26)(H,22,24). The zero-order chi connectivity index (χ0) is 20.4. The lowest BCUT2D eigenvalue weighted by Gasteiger charge is -2.33. The number of urea groups is 1. The summed E-state index contributed by atoms with van der Waals surface area (Å²) in [6.45, 7) is 1.88. The van der Waals surface area contributed by atoms with E-state index in [0.717, 1.165) is 34.9 Å². The van der Waals surface area contributed by atoms with Crippen molar-refractivity contribution in [1.29, 1.82) is 0 Å². The molecule has 9 heteroatoms. The number of hydrazine groups is 1. The van der Waals surface area contributed by atoms with Crippen LogP contribution >= 0.6 is 23.5 Å². The van der Waals surface area contributed by atoms with Crippen LogP contribution in [0.4, 0.5) is 4.79 Å². The van der Waals surface area contributed by atoms with Gasteiger partial charge in [0.05, 0.1) is 4.58 Å². The Hall–Kier alpha value is -1.87. The smallest absolute Gasteiger partial charge is 0.344 e. The highest BCUT2D eigenvalue weighted by Crippen LogP contribution is 2.48. The maximum absolute atomic E-state index is 12.8. The molecule has 4 amide bonds. The highest BCUT2D eigenvalue weighted by atomic mass is 32.2. The second kappa shape index (κ2) is 8.47. The molecule has 1 aromatic carbocycles. The minimum atomic E-state index is -0.874. The van der Waals surface area contributed by atoms with Crippen LogP contribution in [-0.2, 0) is 9.59 Å². The number of carbonyl (C=O) groups excluding carboxylic acids is 3. The first kappa shape index (κ1) is 20.4. The van der Waals surface area contributed by atoms with Gasteiger partial charge in [-0.05, 0) is 37.7 Å². The number of amides is 4. The van der Waals surface area contributed by atoms with E-state index in [9.17, 15) is 14.4 Å². The summed E-state index contributed by atoms with van der Waals surface area (Å²) >= 11 is 3.72. The third-order valence-electron chi connectivity index (χ3n) is 5.68. The minimum Gasteiger partial charge on any atom is -0.483 e. The molecule has 29 heavy (non-hydrogen) atoms. The zero-order valence-electron chi connectivity index (χ0n) is 16.3. The number of benzene rings is 1. The van der Waals surface area contributed by atoms with Gasteiger partial charge >= 0.3 is 6.03 Å². The van der Waals surface area contributed by atoms with E-state index in [0.29, 0.717) is 29.1 Å². The van der Waals surface area contributed by atoms with Gasteiger partial charge < -0.3 is 10.1 Å². The third kappa shape index (κ3) is 4.21. The molecule has 0 aromatic heterocycles. The van der Waals surface area contributed by atoms with E-state index in [2.05, 4.69) is 17.7 Å². The number of thioether (sulfide) groups is 2. The molecule has 1 aliphatic carbocycles. The molecule has 2 heterocycles. The Morgan fingerprint density at radius 3 is 2.66 bits per heavy atom. The zero-order valence-corrected chi connectivity index (χ0v) is 17.9. The van der Waals surface area contributed by atoms with Gasteiger partial charge in [-0.1, -0.05) is 25.1 Å². The summed E-state index contributed by atoms with van der Waals surface area (Å²) in [4.78, 5) is 37.5. The lowest BCUT2D eigenvalue weighted by molar-refractivity contribution is -0.140. The van der Waals surface area contributed by atoms with Crippen LogP contribution in [0.1, 0.15) is 42.8 Å². The first-order valence-corrected chi connectivity index (χ1v) is 12.0. The number of carbonyl (C=O) groups is 3. The van der Waals surface area contributed by atoms with Gasteiger partial charge in [-0.3, -0.25) is 15.0 Å². The summed E-state index contributed by atoms with van der Waals surface area (Å²) in [5, 5.41) is 3.61. The van der Waals surface area contributed by atoms with E-state index in [1.165, 1.54) is 0 Å². The van der Waals surface area contributed by atoms with Crippen LogP contribution in [0.25, 0.3) is 0 Å². The average molecular weight is 436 g/mol. The normalized spacial score (nSPS) is 27.3. The number of hydrogen-bond acceptors (Lipinski definition) is 6. The van der Waals surface area contributed by atoms with Crippen LogP contribution in [0, 0.1) is 5.92 Å². The van der Waals surface area contributed by atoms with Crippen molar-refractivity contribution in [2.24, 2.45) is 5.92 Å². The Morgan fingerprint density at radius 2 is 1.93 bits per heavy atom. The number of para-hydroxylation sites is 1. The van der Waals surface area contributed by atoms with Gasteiger partial charge in [-0.2, -0.15) is 5.01 Å². The topological polar surface area (TPSA) is 87.7 Å². The number of rotatable bonds is 5. The molecule has 1 aromatic rings. The Balaban J connectivity index is 1.36. The van der Waals surface area contributed by atoms with Crippen molar-refractivity contribution in [3.8, 4) is 5.75 Å². The van der Waals surface area contributed by atoms with E-state index in [-0.39, 0.29) is 12.5 Å². The van der Waals surface area contributed by atoms with E-state index in [4.69, 9.17) is 4.74 Å². The Bertz CT molecular complexity index is 805. The van der Waals surface area contributed by atoms with Gasteiger partial charge in [0.25, 0.3) is 11.8 Å². The number of hydrogen-bond donors (Lipinski definition) is 2. The average Bonchev–Trinajstić information content (AvgIpc) is 3.33. The van der Waals surface area contributed by atoms with Crippen molar-refractivity contribution < 1.29 is 19.1 Å². The van der Waals surface area contributed by atoms with E-state index >= 15 is 0 Å². The highest BCUT2D eigenvalue weighted by molar-refractivity contribution is 8.19. The van der Waals surface area contributed by atoms with Crippen molar-refractivity contribution >= 4 is 41.4 Å². The van der Waals surface area contributed by atoms with Gasteiger partial charge in [0, 0.05) is 17.1 Å². The van der Waals surface area contributed by atoms with Crippen molar-refractivity contribution in [3.63, 3.8) is 0 Å².